The minimum Gasteiger partial charge on any atom is -0.496 e. The Bertz CT molecular complexity index is 1340. The van der Waals surface area contributed by atoms with Crippen molar-refractivity contribution in [2.24, 2.45) is 5.41 Å². The summed E-state index contributed by atoms with van der Waals surface area (Å²) in [5, 5.41) is 11.8. The summed E-state index contributed by atoms with van der Waals surface area (Å²) in [4.78, 5) is 21.5. The van der Waals surface area contributed by atoms with Gasteiger partial charge in [0.05, 0.1) is 18.5 Å². The summed E-state index contributed by atoms with van der Waals surface area (Å²) < 4.78 is 13.6. The van der Waals surface area contributed by atoms with E-state index in [1.54, 1.807) is 30.8 Å². The molecular weight excluding hydrogens is 450 g/mol. The molecule has 0 aliphatic carbocycles. The molecule has 0 unspecified atom stereocenters. The number of rotatable bonds is 5. The number of thiophene rings is 1. The third-order valence-corrected chi connectivity index (χ3v) is 6.20. The molecule has 0 bridgehead atoms. The van der Waals surface area contributed by atoms with E-state index in [-0.39, 0.29) is 17.9 Å². The molecule has 0 saturated heterocycles. The topological polar surface area (TPSA) is 91.2 Å². The third kappa shape index (κ3) is 4.03. The lowest BCUT2D eigenvalue weighted by Crippen LogP contribution is -2.33. The first-order valence-electron chi connectivity index (χ1n) is 10.9. The van der Waals surface area contributed by atoms with Gasteiger partial charge in [-0.2, -0.15) is 16.4 Å². The second-order valence-corrected chi connectivity index (χ2v) is 10.1. The van der Waals surface area contributed by atoms with Crippen molar-refractivity contribution in [1.82, 2.24) is 25.1 Å². The summed E-state index contributed by atoms with van der Waals surface area (Å²) in [5.74, 6) is 1.11. The van der Waals surface area contributed by atoms with Gasteiger partial charge in [-0.15, -0.1) is 0 Å². The first-order valence-corrected chi connectivity index (χ1v) is 11.8. The molecule has 1 aliphatic heterocycles. The number of nitrogens with one attached hydrogen (secondary N) is 1. The number of hydrogen-bond donors (Lipinski definition) is 1. The Kier molecular flexibility index (Phi) is 5.57. The smallest absolute Gasteiger partial charge is 0.272 e. The Hall–Kier alpha value is -3.72. The Morgan fingerprint density at radius 1 is 1.24 bits per heavy atom. The van der Waals surface area contributed by atoms with Crippen molar-refractivity contribution in [3.63, 3.8) is 0 Å². The lowest BCUT2D eigenvalue weighted by atomic mass is 9.96. The fraction of sp³-hybridized carbons (Fsp3) is 0.280. The van der Waals surface area contributed by atoms with Gasteiger partial charge >= 0.3 is 0 Å². The molecule has 0 radical (unpaired) electrons. The minimum atomic E-state index is -0.211. The molecule has 1 amide bonds. The molecule has 34 heavy (non-hydrogen) atoms. The maximum atomic E-state index is 13.2. The van der Waals surface area contributed by atoms with Gasteiger partial charge < -0.3 is 14.8 Å². The molecule has 4 heterocycles. The fourth-order valence-electron chi connectivity index (χ4n) is 3.89. The molecule has 0 saturated carbocycles. The van der Waals surface area contributed by atoms with E-state index < -0.39 is 0 Å². The molecule has 5 rings (SSSR count). The quantitative estimate of drug-likeness (QED) is 0.449. The van der Waals surface area contributed by atoms with Crippen molar-refractivity contribution in [1.29, 1.82) is 0 Å². The maximum absolute atomic E-state index is 13.2. The number of methoxy groups -OCH3 is 1. The number of hydrogen-bond acceptors (Lipinski definition) is 7. The van der Waals surface area contributed by atoms with E-state index in [1.807, 2.05) is 33.6 Å². The highest BCUT2D eigenvalue weighted by Gasteiger charge is 2.32. The summed E-state index contributed by atoms with van der Waals surface area (Å²) in [7, 11) is 1.62. The fourth-order valence-corrected chi connectivity index (χ4v) is 4.50. The van der Waals surface area contributed by atoms with Gasteiger partial charge in [0.2, 0.25) is 0 Å². The van der Waals surface area contributed by atoms with Crippen LogP contribution in [0, 0.1) is 5.41 Å². The largest absolute Gasteiger partial charge is 0.496 e. The first kappa shape index (κ1) is 22.1. The van der Waals surface area contributed by atoms with Crippen molar-refractivity contribution in [2.45, 2.75) is 27.4 Å². The monoisotopic (exact) mass is 475 g/mol. The van der Waals surface area contributed by atoms with Crippen molar-refractivity contribution in [3.8, 4) is 39.6 Å². The van der Waals surface area contributed by atoms with Crippen LogP contribution in [0.3, 0.4) is 0 Å². The van der Waals surface area contributed by atoms with Gasteiger partial charge in [0, 0.05) is 52.6 Å². The zero-order valence-corrected chi connectivity index (χ0v) is 20.3. The summed E-state index contributed by atoms with van der Waals surface area (Å²) in [6, 6.07) is 5.84. The Morgan fingerprint density at radius 2 is 2.03 bits per heavy atom. The SMILES string of the molecule is COc1cc2c(cc1-c1cncnc1)-c1c(c(C(=O)NCC(C)(C)C)nn1-c1ccsc1)CO2. The van der Waals surface area contributed by atoms with Gasteiger partial charge in [-0.3, -0.25) is 4.79 Å². The number of ether oxygens (including phenoxy) is 2. The molecule has 8 nitrogen and oxygen atoms in total. The summed E-state index contributed by atoms with van der Waals surface area (Å²) in [6.45, 7) is 7.01. The van der Waals surface area contributed by atoms with Crippen LogP contribution < -0.4 is 14.8 Å². The van der Waals surface area contributed by atoms with E-state index in [0.29, 0.717) is 23.7 Å². The molecule has 3 aromatic heterocycles. The van der Waals surface area contributed by atoms with E-state index >= 15 is 0 Å². The molecule has 1 aliphatic rings. The number of fused-ring (bicyclic) bond motifs is 3. The number of benzene rings is 1. The van der Waals surface area contributed by atoms with Crippen LogP contribution in [0.15, 0.2) is 47.7 Å². The van der Waals surface area contributed by atoms with E-state index in [4.69, 9.17) is 14.6 Å². The van der Waals surface area contributed by atoms with Crippen LogP contribution in [0.5, 0.6) is 11.5 Å². The van der Waals surface area contributed by atoms with E-state index in [0.717, 1.165) is 33.6 Å². The molecule has 9 heteroatoms. The first-order chi connectivity index (χ1) is 16.4. The molecule has 1 aromatic carbocycles. The van der Waals surface area contributed by atoms with Crippen LogP contribution in [-0.2, 0) is 6.61 Å². The highest BCUT2D eigenvalue weighted by Crippen LogP contribution is 2.45. The van der Waals surface area contributed by atoms with Crippen LogP contribution in [-0.4, -0.2) is 39.3 Å². The Balaban J connectivity index is 1.69. The number of nitrogens with zero attached hydrogens (tertiary/aromatic N) is 4. The van der Waals surface area contributed by atoms with Gasteiger partial charge in [0.25, 0.3) is 5.91 Å². The summed E-state index contributed by atoms with van der Waals surface area (Å²) >= 11 is 1.57. The van der Waals surface area contributed by atoms with Crippen LogP contribution in [0.2, 0.25) is 0 Å². The molecule has 0 atom stereocenters. The average Bonchev–Trinajstić information content (AvgIpc) is 3.50. The predicted molar refractivity (Wildman–Crippen MR) is 131 cm³/mol. The van der Waals surface area contributed by atoms with E-state index in [2.05, 4.69) is 36.1 Å². The van der Waals surface area contributed by atoms with Gasteiger partial charge in [-0.1, -0.05) is 20.8 Å². The summed E-state index contributed by atoms with van der Waals surface area (Å²) in [5.41, 5.74) is 5.29. The van der Waals surface area contributed by atoms with Crippen molar-refractivity contribution >= 4 is 17.2 Å². The van der Waals surface area contributed by atoms with Gasteiger partial charge in [-0.25, -0.2) is 14.6 Å². The Labute approximate surface area is 201 Å². The lowest BCUT2D eigenvalue weighted by Gasteiger charge is -2.22. The summed E-state index contributed by atoms with van der Waals surface area (Å²) in [6.07, 6.45) is 4.97. The van der Waals surface area contributed by atoms with Gasteiger partial charge in [0.1, 0.15) is 24.4 Å². The zero-order chi connectivity index (χ0) is 23.9. The Morgan fingerprint density at radius 3 is 2.71 bits per heavy atom. The predicted octanol–water partition coefficient (Wildman–Crippen LogP) is 4.73. The zero-order valence-electron chi connectivity index (χ0n) is 19.5. The normalized spacial score (nSPS) is 12.5. The molecule has 4 aromatic rings. The highest BCUT2D eigenvalue weighted by molar-refractivity contribution is 7.08. The van der Waals surface area contributed by atoms with Crippen molar-refractivity contribution in [3.05, 3.63) is 58.9 Å². The van der Waals surface area contributed by atoms with Gasteiger partial charge in [-0.05, 0) is 22.9 Å². The van der Waals surface area contributed by atoms with Crippen molar-refractivity contribution in [2.75, 3.05) is 13.7 Å². The number of amides is 1. The molecular formula is C25H25N5O3S. The standard InChI is InChI=1S/C25H25N5O3S/c1-25(2,3)13-28-24(31)22-19-11-33-21-8-20(32-4)17(15-9-26-14-27-10-15)7-18(21)23(19)30(29-22)16-5-6-34-12-16/h5-10,12,14H,11,13H2,1-4H3,(H,28,31). The highest BCUT2D eigenvalue weighted by atomic mass is 32.1. The molecule has 174 valence electrons. The second kappa shape index (κ2) is 8.57. The number of aromatic nitrogens is 4. The van der Waals surface area contributed by atoms with Gasteiger partial charge in [0.15, 0.2) is 5.69 Å². The minimum absolute atomic E-state index is 0.0437. The lowest BCUT2D eigenvalue weighted by molar-refractivity contribution is 0.0931. The second-order valence-electron chi connectivity index (χ2n) is 9.28. The average molecular weight is 476 g/mol. The van der Waals surface area contributed by atoms with Crippen LogP contribution in [0.25, 0.3) is 28.1 Å². The van der Waals surface area contributed by atoms with E-state index in [9.17, 15) is 4.79 Å². The maximum Gasteiger partial charge on any atom is 0.272 e. The number of carbonyl (C=O) groups excluding carboxylic acids is 1. The van der Waals surface area contributed by atoms with Crippen LogP contribution >= 0.6 is 11.3 Å². The van der Waals surface area contributed by atoms with Crippen molar-refractivity contribution < 1.29 is 14.3 Å². The molecule has 1 N–H and O–H groups in total. The number of carbonyl (C=O) groups is 1. The van der Waals surface area contributed by atoms with Crippen LogP contribution in [0.4, 0.5) is 0 Å². The van der Waals surface area contributed by atoms with E-state index in [1.165, 1.54) is 6.33 Å². The third-order valence-electron chi connectivity index (χ3n) is 5.53. The van der Waals surface area contributed by atoms with Crippen LogP contribution in [0.1, 0.15) is 36.8 Å². The molecule has 0 fully saturated rings. The molecule has 0 spiro atoms.